The molecule has 1 aliphatic rings. The highest BCUT2D eigenvalue weighted by Crippen LogP contribution is 2.35. The lowest BCUT2D eigenvalue weighted by atomic mass is 9.92. The molecule has 1 aromatic carbocycles. The summed E-state index contributed by atoms with van der Waals surface area (Å²) in [6.45, 7) is 0.216. The Labute approximate surface area is 93.8 Å². The van der Waals surface area contributed by atoms with E-state index in [9.17, 15) is 9.50 Å². The number of benzene rings is 1. The SMILES string of the molecule is OC1(c2cc(Br)cc(Cl)c2F)COC1. The molecule has 1 heterocycles. The van der Waals surface area contributed by atoms with E-state index in [2.05, 4.69) is 15.9 Å². The van der Waals surface area contributed by atoms with Crippen LogP contribution in [0.25, 0.3) is 0 Å². The third kappa shape index (κ3) is 1.56. The van der Waals surface area contributed by atoms with E-state index in [4.69, 9.17) is 16.3 Å². The molecule has 0 unspecified atom stereocenters. The molecule has 5 heteroatoms. The van der Waals surface area contributed by atoms with Gasteiger partial charge in [0.05, 0.1) is 18.2 Å². The van der Waals surface area contributed by atoms with Crippen molar-refractivity contribution in [3.8, 4) is 0 Å². The highest BCUT2D eigenvalue weighted by atomic mass is 79.9. The molecule has 0 bridgehead atoms. The highest BCUT2D eigenvalue weighted by Gasteiger charge is 2.40. The first-order chi connectivity index (χ1) is 6.53. The molecule has 0 saturated carbocycles. The van der Waals surface area contributed by atoms with Gasteiger partial charge in [-0.2, -0.15) is 0 Å². The van der Waals surface area contributed by atoms with Crippen LogP contribution in [0.15, 0.2) is 16.6 Å². The van der Waals surface area contributed by atoms with Gasteiger partial charge in [0.1, 0.15) is 11.4 Å². The summed E-state index contributed by atoms with van der Waals surface area (Å²) in [6.07, 6.45) is 0. The topological polar surface area (TPSA) is 29.5 Å². The second-order valence-electron chi connectivity index (χ2n) is 3.27. The first-order valence-electron chi connectivity index (χ1n) is 3.98. The number of halogens is 3. The third-order valence-corrected chi connectivity index (χ3v) is 2.91. The Morgan fingerprint density at radius 3 is 2.64 bits per heavy atom. The Kier molecular flexibility index (Phi) is 2.55. The molecule has 0 amide bonds. The Morgan fingerprint density at radius 2 is 2.14 bits per heavy atom. The molecule has 1 saturated heterocycles. The average Bonchev–Trinajstić information content (AvgIpc) is 2.07. The van der Waals surface area contributed by atoms with Crippen molar-refractivity contribution >= 4 is 27.5 Å². The van der Waals surface area contributed by atoms with Crippen molar-refractivity contribution in [3.05, 3.63) is 33.0 Å². The van der Waals surface area contributed by atoms with Crippen LogP contribution in [0.4, 0.5) is 4.39 Å². The van der Waals surface area contributed by atoms with Crippen LogP contribution in [0.1, 0.15) is 5.56 Å². The zero-order valence-corrected chi connectivity index (χ0v) is 9.40. The summed E-state index contributed by atoms with van der Waals surface area (Å²) in [5.41, 5.74) is -1.04. The minimum atomic E-state index is -1.22. The number of hydrogen-bond donors (Lipinski definition) is 1. The third-order valence-electron chi connectivity index (χ3n) is 2.18. The summed E-state index contributed by atoms with van der Waals surface area (Å²) >= 11 is 8.84. The Balaban J connectivity index is 2.51. The second kappa shape index (κ2) is 3.45. The molecule has 76 valence electrons. The van der Waals surface area contributed by atoms with E-state index in [-0.39, 0.29) is 23.8 Å². The monoisotopic (exact) mass is 280 g/mol. The van der Waals surface area contributed by atoms with Gasteiger partial charge >= 0.3 is 0 Å². The predicted octanol–water partition coefficient (Wildman–Crippen LogP) is 2.46. The number of aliphatic hydroxyl groups is 1. The van der Waals surface area contributed by atoms with Crippen LogP contribution < -0.4 is 0 Å². The van der Waals surface area contributed by atoms with Crippen LogP contribution in [0, 0.1) is 5.82 Å². The molecule has 0 radical (unpaired) electrons. The maximum Gasteiger partial charge on any atom is 0.148 e. The maximum atomic E-state index is 13.5. The molecular weight excluding hydrogens is 274 g/mol. The lowest BCUT2D eigenvalue weighted by Gasteiger charge is -2.37. The van der Waals surface area contributed by atoms with Crippen LogP contribution in [-0.4, -0.2) is 18.3 Å². The van der Waals surface area contributed by atoms with E-state index >= 15 is 0 Å². The summed E-state index contributed by atoms with van der Waals surface area (Å²) in [7, 11) is 0. The average molecular weight is 282 g/mol. The lowest BCUT2D eigenvalue weighted by molar-refractivity contribution is -0.186. The molecule has 1 N–H and O–H groups in total. The van der Waals surface area contributed by atoms with Crippen molar-refractivity contribution in [2.75, 3.05) is 13.2 Å². The fraction of sp³-hybridized carbons (Fsp3) is 0.333. The van der Waals surface area contributed by atoms with Gasteiger partial charge in [-0.1, -0.05) is 27.5 Å². The summed E-state index contributed by atoms with van der Waals surface area (Å²) in [5.74, 6) is -0.583. The molecule has 0 atom stereocenters. The number of ether oxygens (including phenoxy) is 1. The fourth-order valence-electron chi connectivity index (χ4n) is 1.35. The van der Waals surface area contributed by atoms with E-state index in [1.54, 1.807) is 0 Å². The maximum absolute atomic E-state index is 13.5. The lowest BCUT2D eigenvalue weighted by Crippen LogP contribution is -2.47. The van der Waals surface area contributed by atoms with E-state index < -0.39 is 11.4 Å². The first kappa shape index (κ1) is 10.4. The molecule has 2 rings (SSSR count). The normalized spacial score (nSPS) is 19.1. The Morgan fingerprint density at radius 1 is 1.50 bits per heavy atom. The van der Waals surface area contributed by atoms with Crippen molar-refractivity contribution < 1.29 is 14.2 Å². The highest BCUT2D eigenvalue weighted by molar-refractivity contribution is 9.10. The Bertz CT molecular complexity index is 379. The molecule has 1 fully saturated rings. The van der Waals surface area contributed by atoms with E-state index in [0.29, 0.717) is 4.47 Å². The standard InChI is InChI=1S/C9H7BrClFO2/c10-5-1-6(8(12)7(11)2-5)9(13)3-14-4-9/h1-2,13H,3-4H2. The van der Waals surface area contributed by atoms with Crippen LogP contribution in [0.2, 0.25) is 5.02 Å². The van der Waals surface area contributed by atoms with Gasteiger partial charge in [0.2, 0.25) is 0 Å². The van der Waals surface area contributed by atoms with Crippen LogP contribution >= 0.6 is 27.5 Å². The quantitative estimate of drug-likeness (QED) is 0.801. The fourth-order valence-corrected chi connectivity index (χ4v) is 2.15. The Hall–Kier alpha value is -0.160. The van der Waals surface area contributed by atoms with Crippen LogP contribution in [-0.2, 0) is 10.3 Å². The zero-order valence-electron chi connectivity index (χ0n) is 7.06. The van der Waals surface area contributed by atoms with Gasteiger partial charge in [0.25, 0.3) is 0 Å². The van der Waals surface area contributed by atoms with Crippen molar-refractivity contribution in [2.24, 2.45) is 0 Å². The van der Waals surface area contributed by atoms with Gasteiger partial charge in [0, 0.05) is 10.0 Å². The summed E-state index contributed by atoms with van der Waals surface area (Å²) in [5, 5.41) is 9.86. The number of rotatable bonds is 1. The van der Waals surface area contributed by atoms with Crippen molar-refractivity contribution in [1.82, 2.24) is 0 Å². The van der Waals surface area contributed by atoms with E-state index in [0.717, 1.165) is 0 Å². The first-order valence-corrected chi connectivity index (χ1v) is 5.15. The molecule has 1 aliphatic heterocycles. The zero-order chi connectivity index (χ0) is 10.3. The summed E-state index contributed by atoms with van der Waals surface area (Å²) in [6, 6.07) is 2.97. The number of hydrogen-bond acceptors (Lipinski definition) is 2. The van der Waals surface area contributed by atoms with Crippen molar-refractivity contribution in [1.29, 1.82) is 0 Å². The molecular formula is C9H7BrClFO2. The smallest absolute Gasteiger partial charge is 0.148 e. The molecule has 14 heavy (non-hydrogen) atoms. The molecule has 1 aromatic rings. The van der Waals surface area contributed by atoms with E-state index in [1.807, 2.05) is 0 Å². The summed E-state index contributed by atoms with van der Waals surface area (Å²) in [4.78, 5) is 0. The summed E-state index contributed by atoms with van der Waals surface area (Å²) < 4.78 is 19.0. The second-order valence-corrected chi connectivity index (χ2v) is 4.60. The molecule has 0 aliphatic carbocycles. The van der Waals surface area contributed by atoms with Gasteiger partial charge in [-0.05, 0) is 12.1 Å². The minimum Gasteiger partial charge on any atom is -0.380 e. The molecule has 2 nitrogen and oxygen atoms in total. The van der Waals surface area contributed by atoms with Gasteiger partial charge in [-0.25, -0.2) is 4.39 Å². The van der Waals surface area contributed by atoms with Crippen molar-refractivity contribution in [3.63, 3.8) is 0 Å². The van der Waals surface area contributed by atoms with Crippen LogP contribution in [0.5, 0.6) is 0 Å². The largest absolute Gasteiger partial charge is 0.380 e. The molecule has 0 aromatic heterocycles. The van der Waals surface area contributed by atoms with Crippen molar-refractivity contribution in [2.45, 2.75) is 5.60 Å². The van der Waals surface area contributed by atoms with Gasteiger partial charge in [0.15, 0.2) is 0 Å². The van der Waals surface area contributed by atoms with E-state index in [1.165, 1.54) is 12.1 Å². The minimum absolute atomic E-state index is 0.00491. The van der Waals surface area contributed by atoms with Crippen LogP contribution in [0.3, 0.4) is 0 Å². The van der Waals surface area contributed by atoms with Gasteiger partial charge in [-0.15, -0.1) is 0 Å². The molecule has 0 spiro atoms. The van der Waals surface area contributed by atoms with Gasteiger partial charge < -0.3 is 9.84 Å². The van der Waals surface area contributed by atoms with Gasteiger partial charge in [-0.3, -0.25) is 0 Å². The predicted molar refractivity (Wildman–Crippen MR) is 53.8 cm³/mol.